The van der Waals surface area contributed by atoms with Crippen LogP contribution in [0.5, 0.6) is 0 Å². The van der Waals surface area contributed by atoms with E-state index in [1.54, 1.807) is 42.9 Å². The van der Waals surface area contributed by atoms with Gasteiger partial charge in [-0.05, 0) is 62.2 Å². The second kappa shape index (κ2) is 12.4. The molecule has 0 aliphatic heterocycles. The molecule has 0 saturated heterocycles. The van der Waals surface area contributed by atoms with E-state index in [0.29, 0.717) is 28.8 Å². The number of rotatable bonds is 10. The van der Waals surface area contributed by atoms with Crippen LogP contribution in [0, 0.1) is 13.8 Å². The van der Waals surface area contributed by atoms with E-state index in [4.69, 9.17) is 0 Å². The number of hydrogen-bond acceptors (Lipinski definition) is 8. The Bertz CT molecular complexity index is 1540. The normalized spacial score (nSPS) is 12.2. The summed E-state index contributed by atoms with van der Waals surface area (Å²) >= 11 is 0. The van der Waals surface area contributed by atoms with Crippen molar-refractivity contribution < 1.29 is 23.1 Å². The summed E-state index contributed by atoms with van der Waals surface area (Å²) in [6, 6.07) is 11.6. The Hall–Kier alpha value is -4.49. The van der Waals surface area contributed by atoms with Crippen LogP contribution in [0.25, 0.3) is 5.82 Å². The maximum atomic E-state index is 13.6. The Morgan fingerprint density at radius 3 is 2.56 bits per heavy atom. The van der Waals surface area contributed by atoms with Gasteiger partial charge in [-0.2, -0.15) is 23.0 Å². The standard InChI is InChI=1S/C28H31F3N8O2/c1-16-5-6-22(11-23(16)37-26-7-17(2)38-39(26)25-12-24(32-4)34-15-35-25)36-27(41)20-8-19(13-33-18(3)14-40)9-21(10-20)28(29,30)31/h5-12,15,18,33,37,40H,13-14H2,1-4H3,(H,36,41)(H,32,34,35). The third kappa shape index (κ3) is 7.38. The maximum absolute atomic E-state index is 13.6. The molecule has 2 aromatic heterocycles. The smallest absolute Gasteiger partial charge is 0.395 e. The highest BCUT2D eigenvalue weighted by atomic mass is 19.4. The second-order valence-corrected chi connectivity index (χ2v) is 9.58. The van der Waals surface area contributed by atoms with Crippen molar-refractivity contribution in [1.29, 1.82) is 0 Å². The minimum atomic E-state index is -4.63. The molecule has 0 radical (unpaired) electrons. The van der Waals surface area contributed by atoms with Crippen LogP contribution >= 0.6 is 0 Å². The third-order valence-corrected chi connectivity index (χ3v) is 6.23. The van der Waals surface area contributed by atoms with Gasteiger partial charge in [-0.25, -0.2) is 9.97 Å². The number of aromatic nitrogens is 4. The largest absolute Gasteiger partial charge is 0.416 e. The molecule has 216 valence electrons. The summed E-state index contributed by atoms with van der Waals surface area (Å²) in [5.74, 6) is 1.07. The number of halogens is 3. The molecule has 0 spiro atoms. The molecule has 41 heavy (non-hydrogen) atoms. The SMILES string of the molecule is CNc1cc(-n2nc(C)cc2Nc2cc(NC(=O)c3cc(CNC(C)CO)cc(C(F)(F)F)c3)ccc2C)ncn1. The van der Waals surface area contributed by atoms with Crippen molar-refractivity contribution in [3.63, 3.8) is 0 Å². The van der Waals surface area contributed by atoms with Gasteiger partial charge in [0.05, 0.1) is 17.9 Å². The van der Waals surface area contributed by atoms with Gasteiger partial charge in [-0.3, -0.25) is 4.79 Å². The van der Waals surface area contributed by atoms with E-state index in [1.807, 2.05) is 19.9 Å². The van der Waals surface area contributed by atoms with Crippen LogP contribution in [0.1, 0.15) is 39.7 Å². The van der Waals surface area contributed by atoms with Crippen LogP contribution in [0.4, 0.5) is 36.2 Å². The van der Waals surface area contributed by atoms with E-state index in [0.717, 1.165) is 23.4 Å². The van der Waals surface area contributed by atoms with Crippen molar-refractivity contribution in [2.45, 2.75) is 39.5 Å². The minimum Gasteiger partial charge on any atom is -0.395 e. The van der Waals surface area contributed by atoms with E-state index in [9.17, 15) is 23.1 Å². The molecular formula is C28H31F3N8O2. The molecule has 2 heterocycles. The number of hydrogen-bond donors (Lipinski definition) is 5. The molecule has 0 aliphatic rings. The Balaban J connectivity index is 1.59. The number of aliphatic hydroxyl groups is 1. The molecule has 0 fully saturated rings. The van der Waals surface area contributed by atoms with Gasteiger partial charge < -0.3 is 26.4 Å². The Morgan fingerprint density at radius 2 is 1.85 bits per heavy atom. The number of carbonyl (C=O) groups is 1. The lowest BCUT2D eigenvalue weighted by atomic mass is 10.0. The van der Waals surface area contributed by atoms with E-state index < -0.39 is 17.6 Å². The molecule has 10 nitrogen and oxygen atoms in total. The molecular weight excluding hydrogens is 537 g/mol. The summed E-state index contributed by atoms with van der Waals surface area (Å²) in [5.41, 5.74) is 1.84. The van der Waals surface area contributed by atoms with E-state index in [1.165, 1.54) is 12.4 Å². The molecule has 0 bridgehead atoms. The van der Waals surface area contributed by atoms with Crippen molar-refractivity contribution in [2.75, 3.05) is 29.6 Å². The van der Waals surface area contributed by atoms with E-state index in [-0.39, 0.29) is 30.3 Å². The molecule has 4 rings (SSSR count). The number of anilines is 4. The first kappa shape index (κ1) is 29.5. The monoisotopic (exact) mass is 568 g/mol. The highest BCUT2D eigenvalue weighted by Gasteiger charge is 2.32. The zero-order chi connectivity index (χ0) is 29.7. The fourth-order valence-corrected chi connectivity index (χ4v) is 3.98. The highest BCUT2D eigenvalue weighted by molar-refractivity contribution is 6.04. The van der Waals surface area contributed by atoms with Gasteiger partial charge >= 0.3 is 6.18 Å². The molecule has 1 amide bonds. The number of amides is 1. The number of nitrogens with one attached hydrogen (secondary N) is 4. The van der Waals surface area contributed by atoms with Gasteiger partial charge in [0.2, 0.25) is 0 Å². The van der Waals surface area contributed by atoms with Gasteiger partial charge in [0.15, 0.2) is 5.82 Å². The van der Waals surface area contributed by atoms with Crippen molar-refractivity contribution >= 4 is 28.9 Å². The summed E-state index contributed by atoms with van der Waals surface area (Å²) < 4.78 is 42.4. The second-order valence-electron chi connectivity index (χ2n) is 9.58. The quantitative estimate of drug-likeness (QED) is 0.184. The van der Waals surface area contributed by atoms with Crippen LogP contribution in [0.2, 0.25) is 0 Å². The maximum Gasteiger partial charge on any atom is 0.416 e. The number of aryl methyl sites for hydroxylation is 2. The van der Waals surface area contributed by atoms with Crippen molar-refractivity contribution in [3.8, 4) is 5.82 Å². The number of nitrogens with zero attached hydrogens (tertiary/aromatic N) is 4. The predicted molar refractivity (Wildman–Crippen MR) is 151 cm³/mol. The fraction of sp³-hybridized carbons (Fsp3) is 0.286. The van der Waals surface area contributed by atoms with Gasteiger partial charge in [-0.1, -0.05) is 6.07 Å². The first-order valence-electron chi connectivity index (χ1n) is 12.8. The lowest BCUT2D eigenvalue weighted by Crippen LogP contribution is -2.29. The molecule has 4 aromatic rings. The third-order valence-electron chi connectivity index (χ3n) is 6.23. The Morgan fingerprint density at radius 1 is 1.07 bits per heavy atom. The number of alkyl halides is 3. The summed E-state index contributed by atoms with van der Waals surface area (Å²) in [6.07, 6.45) is -3.21. The Kier molecular flexibility index (Phi) is 8.89. The van der Waals surface area contributed by atoms with Crippen LogP contribution in [-0.2, 0) is 12.7 Å². The lowest BCUT2D eigenvalue weighted by Gasteiger charge is -2.16. The van der Waals surface area contributed by atoms with Gasteiger partial charge in [0, 0.05) is 48.7 Å². The fourth-order valence-electron chi connectivity index (χ4n) is 3.98. The zero-order valence-corrected chi connectivity index (χ0v) is 23.0. The van der Waals surface area contributed by atoms with E-state index >= 15 is 0 Å². The van der Waals surface area contributed by atoms with Crippen LogP contribution in [0.15, 0.2) is 54.9 Å². The number of benzene rings is 2. The number of aliphatic hydroxyl groups excluding tert-OH is 1. The summed E-state index contributed by atoms with van der Waals surface area (Å²) in [7, 11) is 1.75. The van der Waals surface area contributed by atoms with Crippen LogP contribution < -0.4 is 21.3 Å². The first-order valence-corrected chi connectivity index (χ1v) is 12.8. The first-order chi connectivity index (χ1) is 19.5. The molecule has 1 unspecified atom stereocenters. The zero-order valence-electron chi connectivity index (χ0n) is 23.0. The lowest BCUT2D eigenvalue weighted by molar-refractivity contribution is -0.137. The summed E-state index contributed by atoms with van der Waals surface area (Å²) in [6.45, 7) is 5.30. The topological polar surface area (TPSA) is 129 Å². The molecule has 0 aliphatic carbocycles. The highest BCUT2D eigenvalue weighted by Crippen LogP contribution is 2.31. The average molecular weight is 569 g/mol. The van der Waals surface area contributed by atoms with Crippen molar-refractivity contribution in [3.05, 3.63) is 82.8 Å². The minimum absolute atomic E-state index is 0.0553. The molecule has 13 heteroatoms. The van der Waals surface area contributed by atoms with Crippen molar-refractivity contribution in [2.24, 2.45) is 0 Å². The summed E-state index contributed by atoms with van der Waals surface area (Å²) in [4.78, 5) is 21.5. The Labute approximate surface area is 235 Å². The van der Waals surface area contributed by atoms with Gasteiger partial charge in [0.1, 0.15) is 18.0 Å². The van der Waals surface area contributed by atoms with Crippen molar-refractivity contribution in [1.82, 2.24) is 25.1 Å². The average Bonchev–Trinajstić information content (AvgIpc) is 3.32. The van der Waals surface area contributed by atoms with Gasteiger partial charge in [0.25, 0.3) is 5.91 Å². The molecule has 1 atom stereocenters. The predicted octanol–water partition coefficient (Wildman–Crippen LogP) is 4.81. The molecule has 2 aromatic carbocycles. The number of carbonyl (C=O) groups excluding carboxylic acids is 1. The summed E-state index contributed by atoms with van der Waals surface area (Å²) in [5, 5.41) is 25.6. The van der Waals surface area contributed by atoms with E-state index in [2.05, 4.69) is 36.3 Å². The molecule has 0 saturated carbocycles. The van der Waals surface area contributed by atoms with Crippen LogP contribution in [0.3, 0.4) is 0 Å². The van der Waals surface area contributed by atoms with Gasteiger partial charge in [-0.15, -0.1) is 0 Å². The molecule has 5 N–H and O–H groups in total. The van der Waals surface area contributed by atoms with Crippen LogP contribution in [-0.4, -0.2) is 50.5 Å².